The van der Waals surface area contributed by atoms with Crippen LogP contribution < -0.4 is 4.74 Å². The summed E-state index contributed by atoms with van der Waals surface area (Å²) in [5.74, 6) is -2.82. The zero-order valence-corrected chi connectivity index (χ0v) is 19.2. The van der Waals surface area contributed by atoms with Crippen molar-refractivity contribution in [3.05, 3.63) is 75.8 Å². The van der Waals surface area contributed by atoms with Crippen molar-refractivity contribution >= 4 is 46.7 Å². The first-order valence-corrected chi connectivity index (χ1v) is 11.0. The predicted octanol–water partition coefficient (Wildman–Crippen LogP) is 4.19. The van der Waals surface area contributed by atoms with Crippen LogP contribution in [0.5, 0.6) is 5.75 Å². The summed E-state index contributed by atoms with van der Waals surface area (Å²) >= 11 is 12.0. The second-order valence-corrected chi connectivity index (χ2v) is 8.61. The number of nitrogens with zero attached hydrogens (tertiary/aromatic N) is 2. The molecule has 9 heteroatoms. The van der Waals surface area contributed by atoms with Crippen LogP contribution in [0.15, 0.2) is 54.6 Å². The molecule has 0 aromatic heterocycles. The molecule has 0 bridgehead atoms. The number of allylic oxidation sites excluding steroid dienone is 2. The number of rotatable bonds is 6. The van der Waals surface area contributed by atoms with Crippen molar-refractivity contribution in [1.82, 2.24) is 10.0 Å². The van der Waals surface area contributed by atoms with Gasteiger partial charge in [-0.1, -0.05) is 47.5 Å². The minimum atomic E-state index is -0.710. The minimum Gasteiger partial charge on any atom is -0.497 e. The number of benzene rings is 2. The topological polar surface area (TPSA) is 84.0 Å². The molecule has 0 unspecified atom stereocenters. The van der Waals surface area contributed by atoms with Gasteiger partial charge in [-0.25, -0.2) is 5.01 Å². The number of amides is 3. The third kappa shape index (κ3) is 4.38. The van der Waals surface area contributed by atoms with Crippen LogP contribution in [0, 0.1) is 11.8 Å². The molecular formula is C24H20Cl2N2O5. The quantitative estimate of drug-likeness (QED) is 0.347. The summed E-state index contributed by atoms with van der Waals surface area (Å²) in [5.41, 5.74) is 0.371. The van der Waals surface area contributed by atoms with Gasteiger partial charge in [-0.15, -0.1) is 0 Å². The van der Waals surface area contributed by atoms with Gasteiger partial charge >= 0.3 is 0 Å². The largest absolute Gasteiger partial charge is 0.497 e. The van der Waals surface area contributed by atoms with E-state index in [1.54, 1.807) is 18.2 Å². The lowest BCUT2D eigenvalue weighted by Gasteiger charge is -2.30. The third-order valence-electron chi connectivity index (χ3n) is 5.81. The number of carbonyl (C=O) groups excluding carboxylic acids is 4. The summed E-state index contributed by atoms with van der Waals surface area (Å²) in [6, 6.07) is 10.6. The lowest BCUT2D eigenvalue weighted by Crippen LogP contribution is -2.52. The van der Waals surface area contributed by atoms with Crippen LogP contribution in [0.1, 0.15) is 33.6 Å². The minimum absolute atomic E-state index is 0.0939. The molecule has 1 fully saturated rings. The summed E-state index contributed by atoms with van der Waals surface area (Å²) in [5, 5.41) is 2.12. The van der Waals surface area contributed by atoms with Gasteiger partial charge in [-0.3, -0.25) is 19.2 Å². The molecule has 33 heavy (non-hydrogen) atoms. The summed E-state index contributed by atoms with van der Waals surface area (Å²) in [6.45, 7) is -0.517. The molecule has 2 atom stereocenters. The molecule has 3 amide bonds. The lowest BCUT2D eigenvalue weighted by molar-refractivity contribution is -0.154. The maximum absolute atomic E-state index is 13.5. The number of hydrogen-bond acceptors (Lipinski definition) is 5. The van der Waals surface area contributed by atoms with Crippen LogP contribution in [0.25, 0.3) is 0 Å². The lowest BCUT2D eigenvalue weighted by atomic mass is 9.85. The Morgan fingerprint density at radius 2 is 1.64 bits per heavy atom. The number of carbonyl (C=O) groups is 4. The van der Waals surface area contributed by atoms with Gasteiger partial charge in [0.15, 0.2) is 5.78 Å². The Balaban J connectivity index is 1.71. The fourth-order valence-corrected chi connectivity index (χ4v) is 4.35. The molecule has 1 aliphatic heterocycles. The highest BCUT2D eigenvalue weighted by Gasteiger charge is 2.51. The summed E-state index contributed by atoms with van der Waals surface area (Å²) < 4.78 is 5.16. The Morgan fingerprint density at radius 1 is 0.970 bits per heavy atom. The molecule has 170 valence electrons. The first-order chi connectivity index (χ1) is 15.8. The molecule has 0 radical (unpaired) electrons. The Kier molecular flexibility index (Phi) is 6.54. The monoisotopic (exact) mass is 486 g/mol. The van der Waals surface area contributed by atoms with Gasteiger partial charge in [-0.05, 0) is 43.2 Å². The Bertz CT molecular complexity index is 1150. The van der Waals surface area contributed by atoms with Crippen molar-refractivity contribution in [1.29, 1.82) is 0 Å². The van der Waals surface area contributed by atoms with E-state index >= 15 is 0 Å². The molecule has 2 aromatic rings. The fourth-order valence-electron chi connectivity index (χ4n) is 4.06. The highest BCUT2D eigenvalue weighted by molar-refractivity contribution is 6.42. The molecule has 4 rings (SSSR count). The third-order valence-corrected chi connectivity index (χ3v) is 6.55. The van der Waals surface area contributed by atoms with Crippen LogP contribution in [-0.2, 0) is 9.59 Å². The zero-order chi connectivity index (χ0) is 23.7. The number of ether oxygens (including phenoxy) is 1. The van der Waals surface area contributed by atoms with E-state index < -0.39 is 41.9 Å². The number of methoxy groups -OCH3 is 1. The maximum Gasteiger partial charge on any atom is 0.273 e. The van der Waals surface area contributed by atoms with E-state index in [0.717, 1.165) is 10.0 Å². The number of hydrogen-bond donors (Lipinski definition) is 0. The van der Waals surface area contributed by atoms with Crippen LogP contribution in [0.3, 0.4) is 0 Å². The molecular weight excluding hydrogens is 467 g/mol. The summed E-state index contributed by atoms with van der Waals surface area (Å²) in [6.07, 6.45) is 4.51. The number of ketones is 1. The van der Waals surface area contributed by atoms with E-state index in [4.69, 9.17) is 27.9 Å². The van der Waals surface area contributed by atoms with Gasteiger partial charge in [0.25, 0.3) is 17.7 Å². The van der Waals surface area contributed by atoms with Gasteiger partial charge in [-0.2, -0.15) is 5.01 Å². The van der Waals surface area contributed by atoms with Crippen LogP contribution in [-0.4, -0.2) is 47.2 Å². The molecule has 2 aliphatic rings. The second kappa shape index (κ2) is 9.37. The van der Waals surface area contributed by atoms with E-state index in [1.807, 2.05) is 12.2 Å². The second-order valence-electron chi connectivity index (χ2n) is 7.79. The molecule has 7 nitrogen and oxygen atoms in total. The predicted molar refractivity (Wildman–Crippen MR) is 122 cm³/mol. The number of fused-ring (bicyclic) bond motifs is 1. The van der Waals surface area contributed by atoms with Crippen molar-refractivity contribution in [2.75, 3.05) is 13.7 Å². The smallest absolute Gasteiger partial charge is 0.273 e. The number of imide groups is 1. The highest BCUT2D eigenvalue weighted by atomic mass is 35.5. The Hall–Kier alpha value is -3.16. The maximum atomic E-state index is 13.5. The normalized spacial score (nSPS) is 19.4. The van der Waals surface area contributed by atoms with Gasteiger partial charge in [0.1, 0.15) is 12.3 Å². The molecule has 2 aromatic carbocycles. The van der Waals surface area contributed by atoms with Gasteiger partial charge < -0.3 is 4.74 Å². The molecule has 1 aliphatic carbocycles. The molecule has 1 saturated heterocycles. The molecule has 0 N–H and O–H groups in total. The van der Waals surface area contributed by atoms with E-state index in [-0.39, 0.29) is 21.2 Å². The number of halogens is 2. The van der Waals surface area contributed by atoms with Crippen molar-refractivity contribution in [2.45, 2.75) is 12.8 Å². The summed E-state index contributed by atoms with van der Waals surface area (Å²) in [7, 11) is 1.47. The molecule has 1 heterocycles. The van der Waals surface area contributed by atoms with Gasteiger partial charge in [0.05, 0.1) is 29.0 Å². The molecule has 0 saturated carbocycles. The van der Waals surface area contributed by atoms with Crippen LogP contribution in [0.4, 0.5) is 0 Å². The zero-order valence-electron chi connectivity index (χ0n) is 17.7. The fraction of sp³-hybridized carbons (Fsp3) is 0.250. The van der Waals surface area contributed by atoms with Gasteiger partial charge in [0.2, 0.25) is 0 Å². The van der Waals surface area contributed by atoms with Crippen molar-refractivity contribution in [2.24, 2.45) is 11.8 Å². The number of hydrazine groups is 1. The summed E-state index contributed by atoms with van der Waals surface area (Å²) in [4.78, 5) is 52.9. The van der Waals surface area contributed by atoms with Crippen LogP contribution >= 0.6 is 23.2 Å². The van der Waals surface area contributed by atoms with Crippen LogP contribution in [0.2, 0.25) is 10.0 Å². The Labute approximate surface area is 200 Å². The standard InChI is InChI=1S/C24H20Cl2N2O5/c1-33-16-6-4-5-14(11-16)21(29)13-27(22(30)15-9-10-19(25)20(26)12-15)28-23(31)17-7-2-3-8-18(17)24(28)32/h2-6,9-12,17-18H,7-8,13H2,1H3/t17-,18-/m1/s1. The van der Waals surface area contributed by atoms with Crippen molar-refractivity contribution in [3.63, 3.8) is 0 Å². The average Bonchev–Trinajstić information content (AvgIpc) is 3.08. The van der Waals surface area contributed by atoms with Crippen molar-refractivity contribution < 1.29 is 23.9 Å². The van der Waals surface area contributed by atoms with E-state index in [2.05, 4.69) is 0 Å². The van der Waals surface area contributed by atoms with E-state index in [0.29, 0.717) is 18.6 Å². The first kappa shape index (κ1) is 23.0. The Morgan fingerprint density at radius 3 is 2.24 bits per heavy atom. The molecule has 0 spiro atoms. The SMILES string of the molecule is COc1cccc(C(=O)CN(C(=O)c2ccc(Cl)c(Cl)c2)N2C(=O)[C@@H]3CC=CC[C@H]3C2=O)c1. The van der Waals surface area contributed by atoms with E-state index in [9.17, 15) is 19.2 Å². The highest BCUT2D eigenvalue weighted by Crippen LogP contribution is 2.36. The van der Waals surface area contributed by atoms with Crippen molar-refractivity contribution in [3.8, 4) is 5.75 Å². The van der Waals surface area contributed by atoms with E-state index in [1.165, 1.54) is 31.4 Å². The average molecular weight is 487 g/mol. The number of Topliss-reactive ketones (excluding diaryl/α,β-unsaturated/α-hetero) is 1. The van der Waals surface area contributed by atoms with Gasteiger partial charge in [0, 0.05) is 11.1 Å². The first-order valence-electron chi connectivity index (χ1n) is 10.3.